The van der Waals surface area contributed by atoms with Crippen LogP contribution in [-0.4, -0.2) is 95.9 Å². The van der Waals surface area contributed by atoms with Crippen molar-refractivity contribution in [1.29, 1.82) is 0 Å². The van der Waals surface area contributed by atoms with E-state index in [9.17, 15) is 5.11 Å². The number of aliphatic hydroxyl groups excluding tert-OH is 1. The van der Waals surface area contributed by atoms with Crippen LogP contribution < -0.4 is 20.3 Å². The van der Waals surface area contributed by atoms with E-state index in [1.165, 1.54) is 11.8 Å². The van der Waals surface area contributed by atoms with Gasteiger partial charge < -0.3 is 40.0 Å². The van der Waals surface area contributed by atoms with Crippen LogP contribution in [-0.2, 0) is 20.9 Å². The molecule has 39 heavy (non-hydrogen) atoms. The number of nitrogens with two attached hydrogens (primary N) is 1. The van der Waals surface area contributed by atoms with Crippen LogP contribution in [0, 0.1) is 5.41 Å². The second-order valence-electron chi connectivity index (χ2n) is 10.4. The molecule has 0 aromatic carbocycles. The summed E-state index contributed by atoms with van der Waals surface area (Å²) >= 11 is 1.48. The lowest BCUT2D eigenvalue weighted by Crippen LogP contribution is -2.51. The van der Waals surface area contributed by atoms with Crippen molar-refractivity contribution in [3.63, 3.8) is 0 Å². The average Bonchev–Trinajstić information content (AvgIpc) is 3.51. The number of methoxy groups -OCH3 is 1. The summed E-state index contributed by atoms with van der Waals surface area (Å²) < 4.78 is 17.6. The fourth-order valence-electron chi connectivity index (χ4n) is 6.05. The van der Waals surface area contributed by atoms with E-state index < -0.39 is 0 Å². The van der Waals surface area contributed by atoms with Crippen LogP contribution in [0.5, 0.6) is 5.75 Å². The maximum Gasteiger partial charge on any atom is 0.290 e. The zero-order valence-electron chi connectivity index (χ0n) is 22.2. The van der Waals surface area contributed by atoms with Crippen molar-refractivity contribution >= 4 is 29.9 Å². The first-order chi connectivity index (χ1) is 18.9. The Morgan fingerprint density at radius 2 is 2.08 bits per heavy atom. The number of fused-ring (bicyclic) bond motifs is 3. The molecular formula is C26H36N6O6S. The first-order valence-corrected chi connectivity index (χ1v) is 14.0. The van der Waals surface area contributed by atoms with E-state index in [-0.39, 0.29) is 42.8 Å². The summed E-state index contributed by atoms with van der Waals surface area (Å²) in [5, 5.41) is 17.7. The highest BCUT2D eigenvalue weighted by atomic mass is 32.2. The molecule has 0 bridgehead atoms. The van der Waals surface area contributed by atoms with Crippen LogP contribution in [0.4, 0.5) is 11.6 Å². The molecule has 0 aliphatic carbocycles. The summed E-state index contributed by atoms with van der Waals surface area (Å²) in [6.45, 7) is 5.43. The molecule has 0 unspecified atom stereocenters. The van der Waals surface area contributed by atoms with Gasteiger partial charge in [0, 0.05) is 44.4 Å². The zero-order chi connectivity index (χ0) is 27.6. The molecule has 212 valence electrons. The lowest BCUT2D eigenvalue weighted by atomic mass is 9.73. The molecule has 3 saturated heterocycles. The predicted octanol–water partition coefficient (Wildman–Crippen LogP) is 1.53. The molecule has 2 aromatic rings. The molecule has 4 atom stereocenters. The molecule has 6 heterocycles. The molecule has 0 amide bonds. The lowest BCUT2D eigenvalue weighted by molar-refractivity contribution is -0.122. The van der Waals surface area contributed by atoms with E-state index in [1.807, 2.05) is 12.3 Å². The average molecular weight is 561 g/mol. The lowest BCUT2D eigenvalue weighted by Gasteiger charge is -2.41. The summed E-state index contributed by atoms with van der Waals surface area (Å²) in [5.74, 6) is 2.38. The van der Waals surface area contributed by atoms with Gasteiger partial charge in [0.25, 0.3) is 6.47 Å². The third kappa shape index (κ3) is 5.38. The number of rotatable bonds is 5. The van der Waals surface area contributed by atoms with Crippen molar-refractivity contribution in [2.75, 3.05) is 49.8 Å². The van der Waals surface area contributed by atoms with Gasteiger partial charge in [-0.15, -0.1) is 0 Å². The molecule has 6 rings (SSSR count). The highest BCUT2D eigenvalue weighted by Crippen LogP contribution is 2.45. The SMILES string of the molecule is CO[C@H]1C[C@H]2COc3c(Sc4cnc(N5CCC6(CC5)CO[C@@H](C)[C@H]6N)c(CO)n4)ccnc3N2C1.O=CO. The van der Waals surface area contributed by atoms with Gasteiger partial charge >= 0.3 is 0 Å². The van der Waals surface area contributed by atoms with Crippen LogP contribution in [0.3, 0.4) is 0 Å². The highest BCUT2D eigenvalue weighted by Gasteiger charge is 2.48. The molecule has 13 heteroatoms. The topological polar surface area (TPSA) is 156 Å². The number of piperidine rings is 1. The number of pyridine rings is 1. The minimum Gasteiger partial charge on any atom is -0.486 e. The van der Waals surface area contributed by atoms with Crippen LogP contribution in [0.25, 0.3) is 0 Å². The molecule has 12 nitrogen and oxygen atoms in total. The molecule has 4 aliphatic heterocycles. The molecule has 1 spiro atoms. The summed E-state index contributed by atoms with van der Waals surface area (Å²) in [6.07, 6.45) is 6.72. The molecule has 4 aliphatic rings. The van der Waals surface area contributed by atoms with Crippen molar-refractivity contribution in [1.82, 2.24) is 15.0 Å². The van der Waals surface area contributed by atoms with Gasteiger partial charge in [-0.3, -0.25) is 4.79 Å². The smallest absolute Gasteiger partial charge is 0.290 e. The monoisotopic (exact) mass is 560 g/mol. The maximum absolute atomic E-state index is 10.1. The minimum absolute atomic E-state index is 0.0383. The van der Waals surface area contributed by atoms with Gasteiger partial charge in [-0.1, -0.05) is 11.8 Å². The van der Waals surface area contributed by atoms with E-state index in [0.717, 1.165) is 67.8 Å². The Bertz CT molecular complexity index is 1170. The Hall–Kier alpha value is -2.71. The second kappa shape index (κ2) is 11.8. The molecule has 2 aromatic heterocycles. The van der Waals surface area contributed by atoms with Gasteiger partial charge in [-0.25, -0.2) is 15.0 Å². The van der Waals surface area contributed by atoms with Gasteiger partial charge in [0.2, 0.25) is 0 Å². The fourth-order valence-corrected chi connectivity index (χ4v) is 6.91. The summed E-state index contributed by atoms with van der Waals surface area (Å²) in [6, 6.07) is 2.29. The number of aromatic nitrogens is 3. The number of anilines is 2. The van der Waals surface area contributed by atoms with Crippen LogP contribution >= 0.6 is 11.8 Å². The number of hydrogen-bond donors (Lipinski definition) is 3. The van der Waals surface area contributed by atoms with E-state index in [1.54, 1.807) is 13.3 Å². The molecule has 0 radical (unpaired) electrons. The van der Waals surface area contributed by atoms with Gasteiger partial charge in [-0.2, -0.15) is 0 Å². The van der Waals surface area contributed by atoms with E-state index in [2.05, 4.69) is 21.7 Å². The number of ether oxygens (including phenoxy) is 3. The third-order valence-electron chi connectivity index (χ3n) is 8.32. The van der Waals surface area contributed by atoms with Crippen molar-refractivity contribution in [2.24, 2.45) is 11.1 Å². The van der Waals surface area contributed by atoms with Gasteiger partial charge in [0.05, 0.1) is 42.6 Å². The van der Waals surface area contributed by atoms with Gasteiger partial charge in [0.15, 0.2) is 17.4 Å². The number of aliphatic hydroxyl groups is 1. The normalized spacial score (nSPS) is 26.9. The first kappa shape index (κ1) is 27.8. The third-order valence-corrected chi connectivity index (χ3v) is 9.27. The quantitative estimate of drug-likeness (QED) is 0.453. The van der Waals surface area contributed by atoms with Crippen LogP contribution in [0.1, 0.15) is 31.9 Å². The summed E-state index contributed by atoms with van der Waals surface area (Å²) in [7, 11) is 1.76. The first-order valence-electron chi connectivity index (χ1n) is 13.2. The predicted molar refractivity (Wildman–Crippen MR) is 144 cm³/mol. The van der Waals surface area contributed by atoms with E-state index >= 15 is 0 Å². The Kier molecular flexibility index (Phi) is 8.43. The van der Waals surface area contributed by atoms with Crippen LogP contribution in [0.2, 0.25) is 0 Å². The molecule has 3 fully saturated rings. The fraction of sp³-hybridized carbons (Fsp3) is 0.615. The highest BCUT2D eigenvalue weighted by molar-refractivity contribution is 7.99. The Morgan fingerprint density at radius 3 is 2.74 bits per heavy atom. The Balaban J connectivity index is 0.000000983. The standard InChI is InChI=1S/C25H34N6O4S.CH2O2/c1-15-22(26)25(14-35-15)4-7-30(8-5-25)23-18(12-32)29-20(10-28-23)36-19-3-6-27-24-21(19)34-13-16-9-17(33-2)11-31(16)24;2-1-3/h3,6,10,15-17,22,32H,4-5,7-9,11-14,26H2,1-2H3;1H,(H,2,3)/t15-,16-,17-,22+;/m0./s1. The van der Waals surface area contributed by atoms with Crippen molar-refractivity contribution in [3.8, 4) is 5.75 Å². The van der Waals surface area contributed by atoms with Crippen molar-refractivity contribution < 1.29 is 29.2 Å². The maximum atomic E-state index is 10.1. The van der Waals surface area contributed by atoms with E-state index in [0.29, 0.717) is 17.3 Å². The van der Waals surface area contributed by atoms with Crippen molar-refractivity contribution in [2.45, 2.75) is 67.0 Å². The molecule has 4 N–H and O–H groups in total. The summed E-state index contributed by atoms with van der Waals surface area (Å²) in [4.78, 5) is 27.9. The largest absolute Gasteiger partial charge is 0.486 e. The summed E-state index contributed by atoms with van der Waals surface area (Å²) in [5.41, 5.74) is 7.10. The number of nitrogens with zero attached hydrogens (tertiary/aromatic N) is 5. The molecular weight excluding hydrogens is 524 g/mol. The zero-order valence-corrected chi connectivity index (χ0v) is 23.0. The number of hydrogen-bond acceptors (Lipinski definition) is 12. The number of carbonyl (C=O) groups is 1. The molecule has 0 saturated carbocycles. The van der Waals surface area contributed by atoms with Gasteiger partial charge in [0.1, 0.15) is 17.3 Å². The second-order valence-corrected chi connectivity index (χ2v) is 11.5. The van der Waals surface area contributed by atoms with Gasteiger partial charge in [-0.05, 0) is 32.3 Å². The van der Waals surface area contributed by atoms with Crippen molar-refractivity contribution in [3.05, 3.63) is 24.2 Å². The Morgan fingerprint density at radius 1 is 1.31 bits per heavy atom. The van der Waals surface area contributed by atoms with E-state index in [4.69, 9.17) is 39.8 Å². The minimum atomic E-state index is -0.250. The van der Waals surface area contributed by atoms with Crippen LogP contribution in [0.15, 0.2) is 28.4 Å². The number of carboxylic acid groups (broad SMARTS) is 1. The Labute approximate surface area is 231 Å².